The van der Waals surface area contributed by atoms with Crippen LogP contribution in [0.2, 0.25) is 0 Å². The van der Waals surface area contributed by atoms with E-state index in [4.69, 9.17) is 5.73 Å². The summed E-state index contributed by atoms with van der Waals surface area (Å²) >= 11 is 0. The first kappa shape index (κ1) is 16.3. The first-order valence-electron chi connectivity index (χ1n) is 8.90. The monoisotopic (exact) mass is 280 g/mol. The van der Waals surface area contributed by atoms with E-state index >= 15 is 0 Å². The number of hydrogen-bond acceptors (Lipinski definition) is 2. The van der Waals surface area contributed by atoms with Crippen molar-refractivity contribution in [2.45, 2.75) is 84.7 Å². The van der Waals surface area contributed by atoms with Crippen LogP contribution in [0.5, 0.6) is 0 Å². The number of hydrogen-bond donors (Lipinski definition) is 2. The molecule has 0 saturated heterocycles. The predicted octanol–water partition coefficient (Wildman–Crippen LogP) is 3.94. The van der Waals surface area contributed by atoms with E-state index in [0.29, 0.717) is 17.4 Å². The lowest BCUT2D eigenvalue weighted by molar-refractivity contribution is 0.0520. The van der Waals surface area contributed by atoms with Crippen molar-refractivity contribution < 1.29 is 0 Å². The lowest BCUT2D eigenvalue weighted by atomic mass is 9.61. The van der Waals surface area contributed by atoms with Gasteiger partial charge in [-0.1, -0.05) is 40.5 Å². The molecule has 2 aliphatic carbocycles. The molecule has 0 amide bonds. The summed E-state index contributed by atoms with van der Waals surface area (Å²) in [5.74, 6) is 2.36. The van der Waals surface area contributed by atoms with Crippen LogP contribution >= 0.6 is 0 Å². The Labute approximate surface area is 126 Å². The van der Waals surface area contributed by atoms with E-state index in [2.05, 4.69) is 33.0 Å². The second-order valence-electron chi connectivity index (χ2n) is 8.27. The first-order chi connectivity index (χ1) is 9.41. The standard InChI is InChI=1S/C18H36N2/c1-13-6-5-7-16(10-8-13)20-12-15-9-11-17(19)14(2)18(15,3)4/h13-17,20H,5-12,19H2,1-4H3. The van der Waals surface area contributed by atoms with Crippen LogP contribution in [0, 0.1) is 23.2 Å². The molecule has 2 saturated carbocycles. The minimum absolute atomic E-state index is 0.378. The first-order valence-corrected chi connectivity index (χ1v) is 8.90. The van der Waals surface area contributed by atoms with Gasteiger partial charge in [-0.05, 0) is 61.8 Å². The van der Waals surface area contributed by atoms with Crippen molar-refractivity contribution in [3.63, 3.8) is 0 Å². The third kappa shape index (κ3) is 3.76. The predicted molar refractivity (Wildman–Crippen MR) is 87.7 cm³/mol. The van der Waals surface area contributed by atoms with Crippen molar-refractivity contribution in [1.82, 2.24) is 5.32 Å². The van der Waals surface area contributed by atoms with Crippen LogP contribution in [0.4, 0.5) is 0 Å². The van der Waals surface area contributed by atoms with Gasteiger partial charge in [0.1, 0.15) is 0 Å². The molecule has 0 heterocycles. The lowest BCUT2D eigenvalue weighted by Gasteiger charge is -2.47. The highest BCUT2D eigenvalue weighted by Crippen LogP contribution is 2.44. The Hall–Kier alpha value is -0.0800. The maximum absolute atomic E-state index is 6.27. The second-order valence-corrected chi connectivity index (χ2v) is 8.27. The van der Waals surface area contributed by atoms with Crippen LogP contribution in [-0.2, 0) is 0 Å². The Bertz CT molecular complexity index is 300. The van der Waals surface area contributed by atoms with Crippen LogP contribution in [0.25, 0.3) is 0 Å². The molecule has 3 N–H and O–H groups in total. The van der Waals surface area contributed by atoms with Gasteiger partial charge >= 0.3 is 0 Å². The van der Waals surface area contributed by atoms with Gasteiger partial charge in [-0.25, -0.2) is 0 Å². The van der Waals surface area contributed by atoms with Crippen molar-refractivity contribution in [3.05, 3.63) is 0 Å². The van der Waals surface area contributed by atoms with Crippen molar-refractivity contribution in [2.24, 2.45) is 28.9 Å². The minimum atomic E-state index is 0.378. The van der Waals surface area contributed by atoms with Crippen LogP contribution < -0.4 is 11.1 Å². The quantitative estimate of drug-likeness (QED) is 0.768. The average Bonchev–Trinajstić information content (AvgIpc) is 2.60. The summed E-state index contributed by atoms with van der Waals surface area (Å²) in [5, 5.41) is 3.90. The largest absolute Gasteiger partial charge is 0.327 e. The van der Waals surface area contributed by atoms with Gasteiger partial charge in [-0.3, -0.25) is 0 Å². The van der Waals surface area contributed by atoms with Crippen LogP contribution in [0.1, 0.15) is 72.6 Å². The fraction of sp³-hybridized carbons (Fsp3) is 1.00. The van der Waals surface area contributed by atoms with Crippen molar-refractivity contribution >= 4 is 0 Å². The van der Waals surface area contributed by atoms with Gasteiger partial charge in [0.25, 0.3) is 0 Å². The molecule has 0 aliphatic heterocycles. The Morgan fingerprint density at radius 3 is 2.50 bits per heavy atom. The van der Waals surface area contributed by atoms with Crippen molar-refractivity contribution in [1.29, 1.82) is 0 Å². The van der Waals surface area contributed by atoms with Gasteiger partial charge in [0.15, 0.2) is 0 Å². The zero-order valence-corrected chi connectivity index (χ0v) is 14.1. The van der Waals surface area contributed by atoms with Gasteiger partial charge < -0.3 is 11.1 Å². The van der Waals surface area contributed by atoms with E-state index < -0.39 is 0 Å². The highest BCUT2D eigenvalue weighted by Gasteiger charge is 2.41. The van der Waals surface area contributed by atoms with Crippen LogP contribution in [-0.4, -0.2) is 18.6 Å². The third-order valence-corrected chi connectivity index (χ3v) is 6.63. The SMILES string of the molecule is CC1CCCC(NCC2CCC(N)C(C)C2(C)C)CC1. The maximum atomic E-state index is 6.27. The molecule has 0 aromatic carbocycles. The van der Waals surface area contributed by atoms with Gasteiger partial charge in [-0.15, -0.1) is 0 Å². The minimum Gasteiger partial charge on any atom is -0.327 e. The molecule has 0 aromatic rings. The second kappa shape index (κ2) is 6.79. The summed E-state index contributed by atoms with van der Waals surface area (Å²) in [6.07, 6.45) is 9.52. The van der Waals surface area contributed by atoms with E-state index in [1.165, 1.54) is 51.5 Å². The number of nitrogens with one attached hydrogen (secondary N) is 1. The van der Waals surface area contributed by atoms with Gasteiger partial charge in [-0.2, -0.15) is 0 Å². The molecule has 118 valence electrons. The van der Waals surface area contributed by atoms with Gasteiger partial charge in [0, 0.05) is 12.1 Å². The van der Waals surface area contributed by atoms with E-state index in [1.54, 1.807) is 0 Å². The van der Waals surface area contributed by atoms with Crippen molar-refractivity contribution in [3.8, 4) is 0 Å². The highest BCUT2D eigenvalue weighted by atomic mass is 14.9. The van der Waals surface area contributed by atoms with Gasteiger partial charge in [0.05, 0.1) is 0 Å². The molecule has 2 nitrogen and oxygen atoms in total. The Morgan fingerprint density at radius 1 is 1.00 bits per heavy atom. The molecule has 20 heavy (non-hydrogen) atoms. The summed E-state index contributed by atoms with van der Waals surface area (Å²) in [6, 6.07) is 1.17. The maximum Gasteiger partial charge on any atom is 0.00698 e. The molecule has 2 heteroatoms. The fourth-order valence-electron chi connectivity index (χ4n) is 4.30. The molecule has 0 bridgehead atoms. The molecule has 2 aliphatic rings. The van der Waals surface area contributed by atoms with Gasteiger partial charge in [0.2, 0.25) is 0 Å². The number of nitrogens with two attached hydrogens (primary N) is 1. The summed E-state index contributed by atoms with van der Waals surface area (Å²) in [4.78, 5) is 0. The third-order valence-electron chi connectivity index (χ3n) is 6.63. The Morgan fingerprint density at radius 2 is 1.75 bits per heavy atom. The summed E-state index contributed by atoms with van der Waals surface area (Å²) in [5.41, 5.74) is 6.65. The highest BCUT2D eigenvalue weighted by molar-refractivity contribution is 4.94. The molecular weight excluding hydrogens is 244 g/mol. The molecule has 0 aromatic heterocycles. The normalized spacial score (nSPS) is 42.1. The number of rotatable bonds is 3. The van der Waals surface area contributed by atoms with E-state index in [0.717, 1.165) is 17.9 Å². The molecule has 2 rings (SSSR count). The Kier molecular flexibility index (Phi) is 5.53. The average molecular weight is 281 g/mol. The van der Waals surface area contributed by atoms with E-state index in [1.807, 2.05) is 0 Å². The zero-order valence-electron chi connectivity index (χ0n) is 14.1. The molecule has 5 atom stereocenters. The Balaban J connectivity index is 1.84. The lowest BCUT2D eigenvalue weighted by Crippen LogP contribution is -2.50. The summed E-state index contributed by atoms with van der Waals surface area (Å²) in [7, 11) is 0. The molecule has 2 fully saturated rings. The fourth-order valence-corrected chi connectivity index (χ4v) is 4.30. The summed E-state index contributed by atoms with van der Waals surface area (Å²) < 4.78 is 0. The van der Waals surface area contributed by atoms with Crippen molar-refractivity contribution in [2.75, 3.05) is 6.54 Å². The molecule has 5 unspecified atom stereocenters. The smallest absolute Gasteiger partial charge is 0.00698 e. The molecular formula is C18H36N2. The molecule has 0 spiro atoms. The van der Waals surface area contributed by atoms with Crippen LogP contribution in [0.3, 0.4) is 0 Å². The zero-order chi connectivity index (χ0) is 14.8. The molecule has 0 radical (unpaired) electrons. The summed E-state index contributed by atoms with van der Waals surface area (Å²) in [6.45, 7) is 10.8. The topological polar surface area (TPSA) is 38.0 Å². The van der Waals surface area contributed by atoms with Crippen LogP contribution in [0.15, 0.2) is 0 Å². The van der Waals surface area contributed by atoms with E-state index in [9.17, 15) is 0 Å². The van der Waals surface area contributed by atoms with E-state index in [-0.39, 0.29) is 0 Å².